The van der Waals surface area contributed by atoms with Crippen LogP contribution < -0.4 is 10.6 Å². The third kappa shape index (κ3) is 8.34. The van der Waals surface area contributed by atoms with Crippen LogP contribution in [-0.2, 0) is 24.0 Å². The van der Waals surface area contributed by atoms with E-state index in [1.165, 1.54) is 16.7 Å². The maximum atomic E-state index is 12.3. The Hall–Kier alpha value is -2.71. The largest absolute Gasteiger partial charge is 0.356 e. The molecule has 168 valence electrons. The van der Waals surface area contributed by atoms with Crippen molar-refractivity contribution in [3.05, 3.63) is 12.7 Å². The van der Waals surface area contributed by atoms with Crippen LogP contribution in [0.25, 0.3) is 0 Å². The summed E-state index contributed by atoms with van der Waals surface area (Å²) >= 11 is 0. The predicted octanol–water partition coefficient (Wildman–Crippen LogP) is 0.106. The third-order valence-corrected chi connectivity index (χ3v) is 4.50. The van der Waals surface area contributed by atoms with Crippen molar-refractivity contribution in [2.75, 3.05) is 32.7 Å². The summed E-state index contributed by atoms with van der Waals surface area (Å²) in [4.78, 5) is 62.0. The highest BCUT2D eigenvalue weighted by molar-refractivity contribution is 5.95. The van der Waals surface area contributed by atoms with Gasteiger partial charge < -0.3 is 20.4 Å². The lowest BCUT2D eigenvalue weighted by Gasteiger charge is -2.24. The highest BCUT2D eigenvalue weighted by atomic mass is 16.2. The van der Waals surface area contributed by atoms with Gasteiger partial charge in [0.25, 0.3) is 0 Å². The molecule has 2 aliphatic rings. The number of Topliss-reactive ketones (excluding diaryl/α,β-unsaturated/α-hetero) is 1. The number of hydrogen-bond donors (Lipinski definition) is 2. The van der Waals surface area contributed by atoms with E-state index in [0.717, 1.165) is 12.0 Å². The molecule has 0 spiro atoms. The Morgan fingerprint density at radius 2 is 1.90 bits per heavy atom. The van der Waals surface area contributed by atoms with Crippen molar-refractivity contribution in [3.63, 3.8) is 0 Å². The van der Waals surface area contributed by atoms with Crippen molar-refractivity contribution in [2.45, 2.75) is 46.6 Å². The Kier molecular flexibility index (Phi) is 10.2. The summed E-state index contributed by atoms with van der Waals surface area (Å²) in [5, 5.41) is 5.25. The predicted molar refractivity (Wildman–Crippen MR) is 112 cm³/mol. The van der Waals surface area contributed by atoms with Gasteiger partial charge >= 0.3 is 0 Å². The third-order valence-electron chi connectivity index (χ3n) is 4.50. The monoisotopic (exact) mass is 422 g/mol. The normalized spacial score (nSPS) is 20.4. The molecule has 0 aliphatic carbocycles. The molecule has 9 nitrogen and oxygen atoms in total. The van der Waals surface area contributed by atoms with Gasteiger partial charge in [-0.25, -0.2) is 0 Å². The average Bonchev–Trinajstić information content (AvgIpc) is 3.20. The van der Waals surface area contributed by atoms with Gasteiger partial charge in [0.15, 0.2) is 5.78 Å². The van der Waals surface area contributed by atoms with E-state index in [9.17, 15) is 24.0 Å². The summed E-state index contributed by atoms with van der Waals surface area (Å²) < 4.78 is 0. The van der Waals surface area contributed by atoms with E-state index in [-0.39, 0.29) is 49.1 Å². The summed E-state index contributed by atoms with van der Waals surface area (Å²) in [6, 6.07) is -0.603. The maximum absolute atomic E-state index is 12.3. The SMILES string of the molecule is C=CC(=O)N(CC(=O)CN1CCC(NC(C)=O)C1=O)CC1CCNC1=O.CC(C)C. The van der Waals surface area contributed by atoms with Crippen LogP contribution in [-0.4, -0.2) is 78.0 Å². The zero-order chi connectivity index (χ0) is 22.8. The molecule has 0 aromatic heterocycles. The second-order valence-corrected chi connectivity index (χ2v) is 8.27. The van der Waals surface area contributed by atoms with Crippen molar-refractivity contribution in [1.82, 2.24) is 20.4 Å². The summed E-state index contributed by atoms with van der Waals surface area (Å²) in [5.41, 5.74) is 0. The number of carbonyl (C=O) groups excluding carboxylic acids is 5. The van der Waals surface area contributed by atoms with Crippen molar-refractivity contribution in [2.24, 2.45) is 11.8 Å². The first-order valence-corrected chi connectivity index (χ1v) is 10.3. The molecule has 4 amide bonds. The lowest BCUT2D eigenvalue weighted by Crippen LogP contribution is -2.45. The fraction of sp³-hybridized carbons (Fsp3) is 0.667. The molecular weight excluding hydrogens is 388 g/mol. The van der Waals surface area contributed by atoms with E-state index in [1.54, 1.807) is 0 Å². The molecule has 2 N–H and O–H groups in total. The topological polar surface area (TPSA) is 116 Å². The summed E-state index contributed by atoms with van der Waals surface area (Å²) in [6.45, 7) is 12.0. The molecule has 2 rings (SSSR count). The van der Waals surface area contributed by atoms with Gasteiger partial charge in [-0.15, -0.1) is 0 Å². The van der Waals surface area contributed by atoms with Gasteiger partial charge in [-0.2, -0.15) is 0 Å². The zero-order valence-corrected chi connectivity index (χ0v) is 18.4. The highest BCUT2D eigenvalue weighted by Gasteiger charge is 2.34. The first kappa shape index (κ1) is 25.3. The van der Waals surface area contributed by atoms with E-state index in [1.807, 2.05) is 0 Å². The first-order chi connectivity index (χ1) is 14.0. The lowest BCUT2D eigenvalue weighted by molar-refractivity contribution is -0.137. The molecule has 2 aliphatic heterocycles. The van der Waals surface area contributed by atoms with Crippen LogP contribution in [0.4, 0.5) is 0 Å². The quantitative estimate of drug-likeness (QED) is 0.539. The summed E-state index contributed by atoms with van der Waals surface area (Å²) in [6.07, 6.45) is 2.16. The van der Waals surface area contributed by atoms with Gasteiger partial charge in [0.05, 0.1) is 19.0 Å². The fourth-order valence-electron chi connectivity index (χ4n) is 3.20. The molecule has 0 saturated carbocycles. The second-order valence-electron chi connectivity index (χ2n) is 8.27. The molecule has 0 bridgehead atoms. The minimum absolute atomic E-state index is 0.132. The van der Waals surface area contributed by atoms with Crippen LogP contribution in [0.1, 0.15) is 40.5 Å². The van der Waals surface area contributed by atoms with Gasteiger partial charge in [-0.3, -0.25) is 24.0 Å². The smallest absolute Gasteiger partial charge is 0.246 e. The highest BCUT2D eigenvalue weighted by Crippen LogP contribution is 2.13. The van der Waals surface area contributed by atoms with Gasteiger partial charge in [0.1, 0.15) is 6.04 Å². The number of carbonyl (C=O) groups is 5. The summed E-state index contributed by atoms with van der Waals surface area (Å²) in [7, 11) is 0. The van der Waals surface area contributed by atoms with E-state index in [2.05, 4.69) is 38.0 Å². The number of ketones is 1. The number of hydrogen-bond acceptors (Lipinski definition) is 5. The van der Waals surface area contributed by atoms with Crippen molar-refractivity contribution in [3.8, 4) is 0 Å². The molecule has 9 heteroatoms. The molecule has 2 saturated heterocycles. The molecular formula is C21H34N4O5. The minimum atomic E-state index is -0.603. The number of likely N-dealkylation sites (tertiary alicyclic amines) is 1. The minimum Gasteiger partial charge on any atom is -0.356 e. The first-order valence-electron chi connectivity index (χ1n) is 10.3. The molecule has 30 heavy (non-hydrogen) atoms. The Bertz CT molecular complexity index is 674. The maximum Gasteiger partial charge on any atom is 0.246 e. The van der Waals surface area contributed by atoms with Crippen LogP contribution in [0.15, 0.2) is 12.7 Å². The van der Waals surface area contributed by atoms with Crippen molar-refractivity contribution in [1.29, 1.82) is 0 Å². The molecule has 0 radical (unpaired) electrons. The molecule has 0 aromatic rings. The Balaban J connectivity index is 0.00000103. The van der Waals surface area contributed by atoms with Gasteiger partial charge in [0, 0.05) is 26.6 Å². The molecule has 2 unspecified atom stereocenters. The number of nitrogens with zero attached hydrogens (tertiary/aromatic N) is 2. The lowest BCUT2D eigenvalue weighted by atomic mass is 10.1. The second kappa shape index (κ2) is 12.1. The van der Waals surface area contributed by atoms with Gasteiger partial charge in [-0.1, -0.05) is 27.4 Å². The van der Waals surface area contributed by atoms with Crippen LogP contribution in [0.5, 0.6) is 0 Å². The molecule has 0 aromatic carbocycles. The van der Waals surface area contributed by atoms with Gasteiger partial charge in [-0.05, 0) is 24.8 Å². The fourth-order valence-corrected chi connectivity index (χ4v) is 3.20. The van der Waals surface area contributed by atoms with E-state index < -0.39 is 11.9 Å². The van der Waals surface area contributed by atoms with E-state index in [4.69, 9.17) is 0 Å². The van der Waals surface area contributed by atoms with Crippen LogP contribution in [0.3, 0.4) is 0 Å². The van der Waals surface area contributed by atoms with Gasteiger partial charge in [0.2, 0.25) is 23.6 Å². The molecule has 2 atom stereocenters. The average molecular weight is 423 g/mol. The molecule has 2 fully saturated rings. The molecule has 2 heterocycles. The van der Waals surface area contributed by atoms with E-state index >= 15 is 0 Å². The van der Waals surface area contributed by atoms with Crippen LogP contribution in [0.2, 0.25) is 0 Å². The van der Waals surface area contributed by atoms with Crippen LogP contribution in [0, 0.1) is 11.8 Å². The van der Waals surface area contributed by atoms with Crippen molar-refractivity contribution >= 4 is 29.4 Å². The Morgan fingerprint density at radius 1 is 1.27 bits per heavy atom. The number of rotatable bonds is 8. The Labute approximate surface area is 178 Å². The van der Waals surface area contributed by atoms with Crippen LogP contribution >= 0.6 is 0 Å². The van der Waals surface area contributed by atoms with Crippen molar-refractivity contribution < 1.29 is 24.0 Å². The number of amides is 4. The standard InChI is InChI=1S/C17H24N4O5.C4H10/c1-3-15(24)21(8-12-4-6-18-16(12)25)10-13(23)9-20-7-5-14(17(20)26)19-11(2)22;1-4(2)3/h3,12,14H,1,4-10H2,2H3,(H,18,25)(H,19,22);4H,1-3H3. The zero-order valence-electron chi connectivity index (χ0n) is 18.4. The number of nitrogens with one attached hydrogen (secondary N) is 2. The van der Waals surface area contributed by atoms with E-state index in [0.29, 0.717) is 25.9 Å². The summed E-state index contributed by atoms with van der Waals surface area (Å²) in [5.74, 6) is -0.978. The Morgan fingerprint density at radius 3 is 2.40 bits per heavy atom.